The van der Waals surface area contributed by atoms with E-state index in [2.05, 4.69) is 5.32 Å². The van der Waals surface area contributed by atoms with Gasteiger partial charge in [0, 0.05) is 23.5 Å². The van der Waals surface area contributed by atoms with Crippen LogP contribution in [-0.4, -0.2) is 17.8 Å². The van der Waals surface area contributed by atoms with Gasteiger partial charge in [-0.1, -0.05) is 0 Å². The number of thiol groups is 1. The average Bonchev–Trinajstić information content (AvgIpc) is 3.12. The van der Waals surface area contributed by atoms with Crippen LogP contribution in [0.2, 0.25) is 0 Å². The molecule has 0 aliphatic heterocycles. The second-order valence-electron chi connectivity index (χ2n) is 6.82. The quantitative estimate of drug-likeness (QED) is 0.722. The molecule has 0 aromatic heterocycles. The van der Waals surface area contributed by atoms with Gasteiger partial charge in [-0.2, -0.15) is 31.1 Å². The first kappa shape index (κ1) is 17.4. The third-order valence-corrected chi connectivity index (χ3v) is 6.57. The van der Waals surface area contributed by atoms with Gasteiger partial charge in [0.1, 0.15) is 0 Å². The van der Waals surface area contributed by atoms with Gasteiger partial charge in [0.25, 0.3) is 0 Å². The highest BCUT2D eigenvalue weighted by Gasteiger charge is 2.55. The summed E-state index contributed by atoms with van der Waals surface area (Å²) in [5.41, 5.74) is 5.05. The van der Waals surface area contributed by atoms with Crippen molar-refractivity contribution in [3.63, 3.8) is 0 Å². The molecule has 24 heavy (non-hydrogen) atoms. The molecule has 130 valence electrons. The average molecular weight is 355 g/mol. The van der Waals surface area contributed by atoms with Crippen molar-refractivity contribution in [2.75, 3.05) is 18.4 Å². The van der Waals surface area contributed by atoms with Gasteiger partial charge >= 0.3 is 6.18 Å². The van der Waals surface area contributed by atoms with E-state index in [1.165, 1.54) is 12.1 Å². The van der Waals surface area contributed by atoms with Crippen LogP contribution in [0.25, 0.3) is 0 Å². The number of fused-ring (bicyclic) bond motifs is 2. The summed E-state index contributed by atoms with van der Waals surface area (Å²) in [4.78, 5) is 0. The van der Waals surface area contributed by atoms with E-state index in [-0.39, 0.29) is 16.2 Å². The zero-order valence-electron chi connectivity index (χ0n) is 13.1. The molecule has 3 N–H and O–H groups in total. The number of alkyl halides is 3. The Morgan fingerprint density at radius 1 is 1.38 bits per heavy atom. The van der Waals surface area contributed by atoms with Crippen LogP contribution >= 0.6 is 12.6 Å². The molecular formula is C17H20F3N3S. The molecule has 4 unspecified atom stereocenters. The van der Waals surface area contributed by atoms with E-state index in [1.54, 1.807) is 6.07 Å². The molecule has 2 bridgehead atoms. The van der Waals surface area contributed by atoms with Crippen molar-refractivity contribution in [2.45, 2.75) is 30.2 Å². The SMILES string of the molecule is N#Cc1ccc(NCC2C3CCC(C3)C2(S)CN)cc1C(F)(F)F. The summed E-state index contributed by atoms with van der Waals surface area (Å²) in [5, 5.41) is 12.0. The Kier molecular flexibility index (Phi) is 4.47. The van der Waals surface area contributed by atoms with Crippen LogP contribution in [0, 0.1) is 29.1 Å². The fourth-order valence-corrected chi connectivity index (χ4v) is 4.96. The van der Waals surface area contributed by atoms with Crippen LogP contribution in [0.1, 0.15) is 30.4 Å². The van der Waals surface area contributed by atoms with Crippen LogP contribution in [0.3, 0.4) is 0 Å². The fourth-order valence-electron chi connectivity index (χ4n) is 4.42. The van der Waals surface area contributed by atoms with E-state index in [9.17, 15) is 13.2 Å². The van der Waals surface area contributed by atoms with Crippen molar-refractivity contribution < 1.29 is 13.2 Å². The first-order chi connectivity index (χ1) is 11.3. The summed E-state index contributed by atoms with van der Waals surface area (Å²) < 4.78 is 38.9. The van der Waals surface area contributed by atoms with Gasteiger partial charge in [0.05, 0.1) is 17.2 Å². The second kappa shape index (κ2) is 6.16. The van der Waals surface area contributed by atoms with Crippen molar-refractivity contribution >= 4 is 18.3 Å². The van der Waals surface area contributed by atoms with E-state index in [4.69, 9.17) is 23.6 Å². The molecule has 3 nitrogen and oxygen atoms in total. The maximum atomic E-state index is 13.0. The maximum absolute atomic E-state index is 13.0. The number of nitrogens with one attached hydrogen (secondary N) is 1. The molecule has 2 fully saturated rings. The van der Waals surface area contributed by atoms with Gasteiger partial charge in [0.2, 0.25) is 0 Å². The van der Waals surface area contributed by atoms with Gasteiger partial charge in [-0.05, 0) is 55.2 Å². The lowest BCUT2D eigenvalue weighted by Gasteiger charge is -2.39. The van der Waals surface area contributed by atoms with Crippen molar-refractivity contribution in [2.24, 2.45) is 23.5 Å². The Morgan fingerprint density at radius 2 is 2.12 bits per heavy atom. The molecule has 0 amide bonds. The minimum Gasteiger partial charge on any atom is -0.385 e. The zero-order valence-corrected chi connectivity index (χ0v) is 14.0. The van der Waals surface area contributed by atoms with Gasteiger partial charge in [-0.25, -0.2) is 0 Å². The molecule has 2 aliphatic rings. The third-order valence-electron chi connectivity index (χ3n) is 5.69. The van der Waals surface area contributed by atoms with Crippen LogP contribution in [-0.2, 0) is 6.18 Å². The molecule has 1 aromatic carbocycles. The minimum atomic E-state index is -4.54. The van der Waals surface area contributed by atoms with Crippen LogP contribution in [0.5, 0.6) is 0 Å². The van der Waals surface area contributed by atoms with Gasteiger partial charge in [-0.3, -0.25) is 0 Å². The first-order valence-electron chi connectivity index (χ1n) is 8.07. The van der Waals surface area contributed by atoms with E-state index < -0.39 is 11.7 Å². The Hall–Kier alpha value is -1.39. The van der Waals surface area contributed by atoms with Crippen LogP contribution in [0.15, 0.2) is 18.2 Å². The van der Waals surface area contributed by atoms with Crippen molar-refractivity contribution in [3.05, 3.63) is 29.3 Å². The normalized spacial score (nSPS) is 31.9. The molecular weight excluding hydrogens is 335 g/mol. The third kappa shape index (κ3) is 2.86. The number of hydrogen-bond acceptors (Lipinski definition) is 4. The van der Waals surface area contributed by atoms with Gasteiger partial charge in [-0.15, -0.1) is 0 Å². The first-order valence-corrected chi connectivity index (χ1v) is 8.52. The van der Waals surface area contributed by atoms with Crippen molar-refractivity contribution in [1.82, 2.24) is 0 Å². The molecule has 0 heterocycles. The highest BCUT2D eigenvalue weighted by atomic mass is 32.1. The number of nitrogens with zero attached hydrogens (tertiary/aromatic N) is 1. The molecule has 0 saturated heterocycles. The molecule has 1 aromatic rings. The molecule has 7 heteroatoms. The lowest BCUT2D eigenvalue weighted by Crippen LogP contribution is -2.47. The number of halogens is 3. The summed E-state index contributed by atoms with van der Waals surface area (Å²) in [5.74, 6) is 1.27. The molecule has 4 atom stereocenters. The molecule has 0 radical (unpaired) electrons. The highest BCUT2D eigenvalue weighted by Crippen LogP contribution is 2.57. The summed E-state index contributed by atoms with van der Waals surface area (Å²) in [7, 11) is 0. The van der Waals surface area contributed by atoms with E-state index in [0.29, 0.717) is 30.6 Å². The predicted octanol–water partition coefficient (Wildman–Crippen LogP) is 3.66. The number of nitrogens with two attached hydrogens (primary N) is 1. The number of anilines is 1. The predicted molar refractivity (Wildman–Crippen MR) is 89.7 cm³/mol. The van der Waals surface area contributed by atoms with Crippen molar-refractivity contribution in [3.8, 4) is 6.07 Å². The summed E-state index contributed by atoms with van der Waals surface area (Å²) >= 11 is 4.84. The van der Waals surface area contributed by atoms with Crippen LogP contribution in [0.4, 0.5) is 18.9 Å². The minimum absolute atomic E-state index is 0.241. The number of rotatable bonds is 4. The number of benzene rings is 1. The smallest absolute Gasteiger partial charge is 0.385 e. The molecule has 3 rings (SSSR count). The Balaban J connectivity index is 1.77. The summed E-state index contributed by atoms with van der Waals surface area (Å²) in [6.45, 7) is 1.02. The van der Waals surface area contributed by atoms with E-state index >= 15 is 0 Å². The summed E-state index contributed by atoms with van der Waals surface area (Å²) in [6.07, 6.45) is -1.16. The van der Waals surface area contributed by atoms with Crippen LogP contribution < -0.4 is 11.1 Å². The molecule has 2 saturated carbocycles. The molecule has 0 spiro atoms. The summed E-state index contributed by atoms with van der Waals surface area (Å²) in [6, 6.07) is 5.33. The Bertz CT molecular complexity index is 670. The van der Waals surface area contributed by atoms with E-state index in [1.807, 2.05) is 0 Å². The second-order valence-corrected chi connectivity index (χ2v) is 7.66. The monoisotopic (exact) mass is 355 g/mol. The largest absolute Gasteiger partial charge is 0.417 e. The van der Waals surface area contributed by atoms with Crippen molar-refractivity contribution in [1.29, 1.82) is 5.26 Å². The highest BCUT2D eigenvalue weighted by molar-refractivity contribution is 7.81. The Morgan fingerprint density at radius 3 is 2.75 bits per heavy atom. The topological polar surface area (TPSA) is 61.8 Å². The lowest BCUT2D eigenvalue weighted by atomic mass is 9.78. The van der Waals surface area contributed by atoms with Gasteiger partial charge in [0.15, 0.2) is 0 Å². The number of nitriles is 1. The fraction of sp³-hybridized carbons (Fsp3) is 0.588. The lowest BCUT2D eigenvalue weighted by molar-refractivity contribution is -0.137. The Labute approximate surface area is 144 Å². The number of hydrogen-bond donors (Lipinski definition) is 3. The standard InChI is InChI=1S/C17H20F3N3S/c18-17(19,20)14-6-13(4-2-11(14)7-21)23-8-15-10-1-3-12(5-10)16(15,24)9-22/h2,4,6,10,12,15,23-24H,1,3,5,8-9,22H2. The molecule has 2 aliphatic carbocycles. The van der Waals surface area contributed by atoms with Gasteiger partial charge < -0.3 is 11.1 Å². The zero-order chi connectivity index (χ0) is 17.5. The maximum Gasteiger partial charge on any atom is 0.417 e. The van der Waals surface area contributed by atoms with E-state index in [0.717, 1.165) is 25.3 Å².